The second kappa shape index (κ2) is 11.7. The number of hydrogen-bond acceptors (Lipinski definition) is 3. The summed E-state index contributed by atoms with van der Waals surface area (Å²) in [5.41, 5.74) is 4.39. The van der Waals surface area contributed by atoms with Crippen molar-refractivity contribution in [2.75, 3.05) is 10.6 Å². The molecule has 4 nitrogen and oxygen atoms in total. The molecule has 0 saturated heterocycles. The van der Waals surface area contributed by atoms with E-state index in [-0.39, 0.29) is 11.5 Å². The Bertz CT molecular complexity index is 1360. The van der Waals surface area contributed by atoms with Crippen molar-refractivity contribution in [1.82, 2.24) is 0 Å². The minimum absolute atomic E-state index is 0.0144. The third-order valence-electron chi connectivity index (χ3n) is 5.81. The largest absolute Gasteiger partial charge is 0.324 e. The van der Waals surface area contributed by atoms with Crippen LogP contribution in [0.5, 0.6) is 0 Å². The molecule has 0 aliphatic carbocycles. The average Bonchev–Trinajstić information content (AvgIpc) is 2.90. The molecule has 0 heterocycles. The third-order valence-corrected chi connectivity index (χ3v) is 7.08. The first-order chi connectivity index (χ1) is 17.5. The predicted molar refractivity (Wildman–Crippen MR) is 145 cm³/mol. The van der Waals surface area contributed by atoms with Crippen LogP contribution in [0.1, 0.15) is 39.2 Å². The lowest BCUT2D eigenvalue weighted by Gasteiger charge is -2.20. The Labute approximate surface area is 215 Å². The molecule has 2 N–H and O–H groups in total. The second-order valence-corrected chi connectivity index (χ2v) is 9.50. The Hall–Kier alpha value is -3.90. The fourth-order valence-electron chi connectivity index (χ4n) is 3.89. The Morgan fingerprint density at radius 1 is 0.833 bits per heavy atom. The first kappa shape index (κ1) is 25.2. The van der Waals surface area contributed by atoms with Gasteiger partial charge in [0.15, 0.2) is 0 Å². The van der Waals surface area contributed by atoms with Crippen LogP contribution in [0.2, 0.25) is 0 Å². The van der Waals surface area contributed by atoms with E-state index in [0.717, 1.165) is 33.7 Å². The Kier molecular flexibility index (Phi) is 8.18. The lowest BCUT2D eigenvalue weighted by Crippen LogP contribution is -2.20. The van der Waals surface area contributed by atoms with Crippen molar-refractivity contribution >= 4 is 35.0 Å². The van der Waals surface area contributed by atoms with Crippen molar-refractivity contribution in [2.45, 2.75) is 30.4 Å². The third kappa shape index (κ3) is 6.01. The molecule has 2 amide bonds. The van der Waals surface area contributed by atoms with Crippen LogP contribution in [-0.2, 0) is 11.2 Å². The Morgan fingerprint density at radius 3 is 2.22 bits per heavy atom. The maximum atomic E-state index is 13.9. The van der Waals surface area contributed by atoms with Crippen molar-refractivity contribution in [1.29, 1.82) is 0 Å². The van der Waals surface area contributed by atoms with Gasteiger partial charge < -0.3 is 10.6 Å². The van der Waals surface area contributed by atoms with Gasteiger partial charge in [-0.25, -0.2) is 4.39 Å². The van der Waals surface area contributed by atoms with Gasteiger partial charge in [-0.05, 0) is 66.4 Å². The molecule has 0 saturated carbocycles. The monoisotopic (exact) mass is 498 g/mol. The zero-order chi connectivity index (χ0) is 25.5. The first-order valence-electron chi connectivity index (χ1n) is 11.7. The molecule has 182 valence electrons. The van der Waals surface area contributed by atoms with Crippen molar-refractivity contribution in [3.05, 3.63) is 125 Å². The van der Waals surface area contributed by atoms with E-state index in [1.165, 1.54) is 23.9 Å². The molecule has 4 aromatic rings. The number of para-hydroxylation sites is 1. The molecular formula is C30H27FN2O2S. The summed E-state index contributed by atoms with van der Waals surface area (Å²) >= 11 is 1.43. The van der Waals surface area contributed by atoms with Gasteiger partial charge in [0.2, 0.25) is 5.91 Å². The number of thioether (sulfide) groups is 1. The molecule has 1 atom stereocenters. The number of carbonyl (C=O) groups excluding carboxylic acids is 2. The number of halogens is 1. The summed E-state index contributed by atoms with van der Waals surface area (Å²) in [4.78, 5) is 26.8. The van der Waals surface area contributed by atoms with Gasteiger partial charge in [0.25, 0.3) is 5.91 Å². The van der Waals surface area contributed by atoms with E-state index < -0.39 is 17.0 Å². The number of hydrogen-bond donors (Lipinski definition) is 2. The normalized spacial score (nSPS) is 11.5. The second-order valence-electron chi connectivity index (χ2n) is 8.32. The number of aryl methyl sites for hydroxylation is 2. The van der Waals surface area contributed by atoms with Gasteiger partial charge in [0.05, 0.1) is 5.56 Å². The number of rotatable bonds is 8. The van der Waals surface area contributed by atoms with Gasteiger partial charge >= 0.3 is 0 Å². The maximum absolute atomic E-state index is 13.9. The van der Waals surface area contributed by atoms with Crippen LogP contribution in [0, 0.1) is 12.7 Å². The maximum Gasteiger partial charge on any atom is 0.258 e. The lowest BCUT2D eigenvalue weighted by atomic mass is 10.1. The lowest BCUT2D eigenvalue weighted by molar-refractivity contribution is -0.115. The molecule has 0 aliphatic rings. The summed E-state index contributed by atoms with van der Waals surface area (Å²) < 4.78 is 13.9. The average molecular weight is 499 g/mol. The van der Waals surface area contributed by atoms with E-state index in [1.807, 2.05) is 67.6 Å². The fraction of sp³-hybridized carbons (Fsp3) is 0.133. The van der Waals surface area contributed by atoms with Crippen LogP contribution in [-0.4, -0.2) is 11.8 Å². The van der Waals surface area contributed by atoms with E-state index in [0.29, 0.717) is 5.69 Å². The molecule has 6 heteroatoms. The highest BCUT2D eigenvalue weighted by Crippen LogP contribution is 2.37. The number of nitrogens with one attached hydrogen (secondary N) is 2. The Balaban J connectivity index is 1.53. The van der Waals surface area contributed by atoms with Crippen molar-refractivity contribution < 1.29 is 14.0 Å². The quantitative estimate of drug-likeness (QED) is 0.249. The topological polar surface area (TPSA) is 58.2 Å². The first-order valence-corrected chi connectivity index (χ1v) is 12.6. The number of benzene rings is 4. The molecule has 0 fully saturated rings. The van der Waals surface area contributed by atoms with Crippen LogP contribution in [0.4, 0.5) is 15.8 Å². The van der Waals surface area contributed by atoms with Crippen LogP contribution < -0.4 is 10.6 Å². The minimum atomic E-state index is -0.571. The molecule has 0 bridgehead atoms. The summed E-state index contributed by atoms with van der Waals surface area (Å²) in [7, 11) is 0. The molecule has 36 heavy (non-hydrogen) atoms. The number of anilines is 2. The van der Waals surface area contributed by atoms with E-state index in [2.05, 4.69) is 17.6 Å². The molecule has 4 rings (SSSR count). The van der Waals surface area contributed by atoms with Gasteiger partial charge in [-0.3, -0.25) is 9.59 Å². The molecule has 0 spiro atoms. The summed E-state index contributed by atoms with van der Waals surface area (Å²) in [6.07, 6.45) is 0.820. The molecule has 4 aromatic carbocycles. The summed E-state index contributed by atoms with van der Waals surface area (Å²) in [5.74, 6) is -1.19. The summed E-state index contributed by atoms with van der Waals surface area (Å²) in [6.45, 7) is 4.06. The van der Waals surface area contributed by atoms with Crippen molar-refractivity contribution in [3.8, 4) is 0 Å². The zero-order valence-corrected chi connectivity index (χ0v) is 20.9. The molecule has 0 radical (unpaired) electrons. The predicted octanol–water partition coefficient (Wildman–Crippen LogP) is 7.42. The van der Waals surface area contributed by atoms with Gasteiger partial charge in [0.1, 0.15) is 11.1 Å². The molecule has 0 aromatic heterocycles. The minimum Gasteiger partial charge on any atom is -0.324 e. The van der Waals surface area contributed by atoms with Gasteiger partial charge in [-0.15, -0.1) is 11.8 Å². The highest BCUT2D eigenvalue weighted by Gasteiger charge is 2.23. The van der Waals surface area contributed by atoms with Crippen molar-refractivity contribution in [2.24, 2.45) is 0 Å². The van der Waals surface area contributed by atoms with Crippen LogP contribution in [0.25, 0.3) is 0 Å². The zero-order valence-electron chi connectivity index (χ0n) is 20.1. The van der Waals surface area contributed by atoms with E-state index in [4.69, 9.17) is 0 Å². The standard InChI is InChI=1S/C30H27FN2O2S/c1-3-21-13-9-10-20(2)27(21)33-30(35)28(22-11-5-4-6-12-22)36-24-18-16-23(17-19-24)32-29(34)25-14-7-8-15-26(25)31/h4-19,28H,3H2,1-2H3,(H,32,34)(H,33,35). The SMILES string of the molecule is CCc1cccc(C)c1NC(=O)C(Sc1ccc(NC(=O)c2ccccc2F)cc1)c1ccccc1. The van der Waals surface area contributed by atoms with Gasteiger partial charge in [-0.1, -0.05) is 67.6 Å². The van der Waals surface area contributed by atoms with E-state index >= 15 is 0 Å². The molecule has 0 aliphatic heterocycles. The van der Waals surface area contributed by atoms with Crippen LogP contribution in [0.15, 0.2) is 102 Å². The van der Waals surface area contributed by atoms with Gasteiger partial charge in [-0.2, -0.15) is 0 Å². The van der Waals surface area contributed by atoms with E-state index in [1.54, 1.807) is 24.3 Å². The molecule has 1 unspecified atom stereocenters. The smallest absolute Gasteiger partial charge is 0.258 e. The number of carbonyl (C=O) groups is 2. The summed E-state index contributed by atoms with van der Waals surface area (Å²) in [5, 5.41) is 5.40. The highest BCUT2D eigenvalue weighted by molar-refractivity contribution is 8.00. The number of amides is 2. The summed E-state index contributed by atoms with van der Waals surface area (Å²) in [6, 6.07) is 28.7. The molecular weight excluding hydrogens is 471 g/mol. The fourth-order valence-corrected chi connectivity index (χ4v) is 4.91. The van der Waals surface area contributed by atoms with Crippen LogP contribution in [0.3, 0.4) is 0 Å². The van der Waals surface area contributed by atoms with Gasteiger partial charge in [0, 0.05) is 16.3 Å². The Morgan fingerprint density at radius 2 is 1.53 bits per heavy atom. The van der Waals surface area contributed by atoms with Crippen LogP contribution >= 0.6 is 11.8 Å². The van der Waals surface area contributed by atoms with Crippen molar-refractivity contribution in [3.63, 3.8) is 0 Å². The van der Waals surface area contributed by atoms with E-state index in [9.17, 15) is 14.0 Å². The highest BCUT2D eigenvalue weighted by atomic mass is 32.2.